The number of aryl methyl sites for hydroxylation is 1. The maximum absolute atomic E-state index is 9.21. The third-order valence-electron chi connectivity index (χ3n) is 3.88. The predicted molar refractivity (Wildman–Crippen MR) is 94.6 cm³/mol. The molecule has 0 N–H and O–H groups in total. The van der Waals surface area contributed by atoms with E-state index in [-0.39, 0.29) is 0 Å². The number of nitriles is 1. The van der Waals surface area contributed by atoms with E-state index >= 15 is 0 Å². The van der Waals surface area contributed by atoms with E-state index in [4.69, 9.17) is 14.2 Å². The van der Waals surface area contributed by atoms with Crippen molar-refractivity contribution < 1.29 is 14.2 Å². The van der Waals surface area contributed by atoms with Gasteiger partial charge in [0.25, 0.3) is 0 Å². The summed E-state index contributed by atoms with van der Waals surface area (Å²) in [5.41, 5.74) is 3.78. The highest BCUT2D eigenvalue weighted by Gasteiger charge is 2.12. The Bertz CT molecular complexity index is 730. The summed E-state index contributed by atoms with van der Waals surface area (Å²) in [6.07, 6.45) is 2.39. The van der Waals surface area contributed by atoms with E-state index < -0.39 is 0 Å². The minimum absolute atomic E-state index is 0.628. The van der Waals surface area contributed by atoms with Crippen molar-refractivity contribution in [3.05, 3.63) is 59.2 Å². The van der Waals surface area contributed by atoms with Gasteiger partial charge in [0, 0.05) is 6.08 Å². The van der Waals surface area contributed by atoms with Gasteiger partial charge in [-0.1, -0.05) is 19.1 Å². The molecule has 0 aliphatic carbocycles. The molecule has 0 aliphatic heterocycles. The van der Waals surface area contributed by atoms with Crippen LogP contribution in [0.4, 0.5) is 0 Å². The van der Waals surface area contributed by atoms with Crippen LogP contribution in [-0.2, 0) is 6.42 Å². The fourth-order valence-corrected chi connectivity index (χ4v) is 2.62. The van der Waals surface area contributed by atoms with Crippen LogP contribution in [0.25, 0.3) is 5.57 Å². The Morgan fingerprint density at radius 2 is 1.50 bits per heavy atom. The highest BCUT2D eigenvalue weighted by Crippen LogP contribution is 2.34. The zero-order chi connectivity index (χ0) is 17.5. The lowest BCUT2D eigenvalue weighted by molar-refractivity contribution is 0.355. The van der Waals surface area contributed by atoms with Crippen LogP contribution in [0.1, 0.15) is 23.6 Å². The van der Waals surface area contributed by atoms with Gasteiger partial charge >= 0.3 is 0 Å². The normalized spacial score (nSPS) is 10.9. The first kappa shape index (κ1) is 17.4. The number of allylic oxidation sites excluding steroid dienone is 1. The van der Waals surface area contributed by atoms with Gasteiger partial charge in [-0.2, -0.15) is 5.26 Å². The average molecular weight is 323 g/mol. The summed E-state index contributed by atoms with van der Waals surface area (Å²) in [5.74, 6) is 2.13. The van der Waals surface area contributed by atoms with E-state index in [1.165, 1.54) is 0 Å². The van der Waals surface area contributed by atoms with E-state index in [0.29, 0.717) is 11.5 Å². The SMILES string of the molecule is CCc1cc(C(=CC#N)c2ccc(OC)c(OC)c2)ccc1OC. The van der Waals surface area contributed by atoms with Gasteiger partial charge in [-0.25, -0.2) is 0 Å². The maximum Gasteiger partial charge on any atom is 0.161 e. The molecule has 2 rings (SSSR count). The zero-order valence-corrected chi connectivity index (χ0v) is 14.4. The largest absolute Gasteiger partial charge is 0.496 e. The Kier molecular flexibility index (Phi) is 5.86. The molecule has 0 amide bonds. The van der Waals surface area contributed by atoms with Gasteiger partial charge in [0.1, 0.15) is 5.75 Å². The van der Waals surface area contributed by atoms with Crippen LogP contribution in [0.3, 0.4) is 0 Å². The first-order valence-electron chi connectivity index (χ1n) is 7.67. The summed E-state index contributed by atoms with van der Waals surface area (Å²) in [6.45, 7) is 2.08. The highest BCUT2D eigenvalue weighted by atomic mass is 16.5. The number of methoxy groups -OCH3 is 3. The Balaban J connectivity index is 2.56. The molecule has 0 fully saturated rings. The van der Waals surface area contributed by atoms with Crippen LogP contribution < -0.4 is 14.2 Å². The molecule has 2 aromatic rings. The molecule has 2 aromatic carbocycles. The van der Waals surface area contributed by atoms with Gasteiger partial charge in [0.2, 0.25) is 0 Å². The zero-order valence-electron chi connectivity index (χ0n) is 14.4. The van der Waals surface area contributed by atoms with Crippen molar-refractivity contribution in [2.24, 2.45) is 0 Å². The summed E-state index contributed by atoms with van der Waals surface area (Å²) in [6, 6.07) is 13.7. The predicted octanol–water partition coefficient (Wildman–Crippen LogP) is 4.23. The summed E-state index contributed by atoms with van der Waals surface area (Å²) < 4.78 is 16.0. The van der Waals surface area contributed by atoms with Crippen molar-refractivity contribution in [2.45, 2.75) is 13.3 Å². The van der Waals surface area contributed by atoms with Crippen LogP contribution in [0.2, 0.25) is 0 Å². The monoisotopic (exact) mass is 323 g/mol. The second-order valence-corrected chi connectivity index (χ2v) is 5.14. The van der Waals surface area contributed by atoms with E-state index in [2.05, 4.69) is 19.1 Å². The Morgan fingerprint density at radius 1 is 0.917 bits per heavy atom. The molecule has 0 radical (unpaired) electrons. The molecular formula is C20H21NO3. The molecule has 0 atom stereocenters. The van der Waals surface area contributed by atoms with Crippen LogP contribution in [-0.4, -0.2) is 21.3 Å². The maximum atomic E-state index is 9.21. The van der Waals surface area contributed by atoms with Crippen molar-refractivity contribution >= 4 is 5.57 Å². The van der Waals surface area contributed by atoms with Gasteiger partial charge in [-0.3, -0.25) is 0 Å². The van der Waals surface area contributed by atoms with E-state index in [9.17, 15) is 5.26 Å². The van der Waals surface area contributed by atoms with Gasteiger partial charge in [-0.05, 0) is 52.9 Å². The lowest BCUT2D eigenvalue weighted by atomic mass is 9.95. The van der Waals surface area contributed by atoms with Gasteiger partial charge in [0.05, 0.1) is 27.4 Å². The van der Waals surface area contributed by atoms with Crippen molar-refractivity contribution in [3.63, 3.8) is 0 Å². The number of hydrogen-bond donors (Lipinski definition) is 0. The molecule has 0 saturated heterocycles. The van der Waals surface area contributed by atoms with Crippen LogP contribution in [0, 0.1) is 11.3 Å². The second-order valence-electron chi connectivity index (χ2n) is 5.14. The number of rotatable bonds is 6. The third kappa shape index (κ3) is 3.52. The molecule has 4 heteroatoms. The summed E-state index contributed by atoms with van der Waals surface area (Å²) >= 11 is 0. The van der Waals surface area contributed by atoms with Crippen LogP contribution in [0.15, 0.2) is 42.5 Å². The smallest absolute Gasteiger partial charge is 0.161 e. The highest BCUT2D eigenvalue weighted by molar-refractivity contribution is 5.82. The quantitative estimate of drug-likeness (QED) is 0.747. The van der Waals surface area contributed by atoms with E-state index in [0.717, 1.165) is 34.4 Å². The van der Waals surface area contributed by atoms with Gasteiger partial charge in [-0.15, -0.1) is 0 Å². The van der Waals surface area contributed by atoms with Gasteiger partial charge < -0.3 is 14.2 Å². The molecule has 0 unspecified atom stereocenters. The fourth-order valence-electron chi connectivity index (χ4n) is 2.62. The molecule has 24 heavy (non-hydrogen) atoms. The first-order valence-corrected chi connectivity index (χ1v) is 7.67. The lowest BCUT2D eigenvalue weighted by Crippen LogP contribution is -1.96. The minimum atomic E-state index is 0.628. The molecule has 0 aliphatic rings. The second kappa shape index (κ2) is 8.07. The summed E-state index contributed by atoms with van der Waals surface area (Å²) in [5, 5.41) is 9.21. The molecule has 0 heterocycles. The molecule has 4 nitrogen and oxygen atoms in total. The Hall–Kier alpha value is -2.93. The average Bonchev–Trinajstić information content (AvgIpc) is 2.64. The summed E-state index contributed by atoms with van der Waals surface area (Å²) in [4.78, 5) is 0. The fraction of sp³-hybridized carbons (Fsp3) is 0.250. The Labute approximate surface area is 142 Å². The summed E-state index contributed by atoms with van der Waals surface area (Å²) in [7, 11) is 4.85. The number of ether oxygens (including phenoxy) is 3. The van der Waals surface area contributed by atoms with Crippen molar-refractivity contribution in [1.29, 1.82) is 5.26 Å². The number of hydrogen-bond acceptors (Lipinski definition) is 4. The minimum Gasteiger partial charge on any atom is -0.496 e. The van der Waals surface area contributed by atoms with Crippen LogP contribution >= 0.6 is 0 Å². The van der Waals surface area contributed by atoms with Crippen molar-refractivity contribution in [2.75, 3.05) is 21.3 Å². The van der Waals surface area contributed by atoms with Crippen molar-refractivity contribution in [3.8, 4) is 23.3 Å². The van der Waals surface area contributed by atoms with E-state index in [1.54, 1.807) is 27.4 Å². The molecule has 124 valence electrons. The molecule has 0 spiro atoms. The van der Waals surface area contributed by atoms with Crippen molar-refractivity contribution in [1.82, 2.24) is 0 Å². The number of benzene rings is 2. The molecule has 0 saturated carbocycles. The molecule has 0 bridgehead atoms. The topological polar surface area (TPSA) is 51.5 Å². The van der Waals surface area contributed by atoms with E-state index in [1.807, 2.05) is 30.3 Å². The standard InChI is InChI=1S/C20H21NO3/c1-5-14-12-15(6-8-18(14)22-2)17(10-11-21)16-7-9-19(23-3)20(13-16)24-4/h6-10,12-13H,5H2,1-4H3. The molecular weight excluding hydrogens is 302 g/mol. The Morgan fingerprint density at radius 3 is 2.04 bits per heavy atom. The molecule has 0 aromatic heterocycles. The first-order chi connectivity index (χ1) is 11.7. The van der Waals surface area contributed by atoms with Gasteiger partial charge in [0.15, 0.2) is 11.5 Å². The third-order valence-corrected chi connectivity index (χ3v) is 3.88. The number of nitrogens with zero attached hydrogens (tertiary/aromatic N) is 1. The van der Waals surface area contributed by atoms with Crippen LogP contribution in [0.5, 0.6) is 17.2 Å². The lowest BCUT2D eigenvalue weighted by Gasteiger charge is -2.14.